The number of thioether (sulfide) groups is 1. The number of ether oxygens (including phenoxy) is 1. The third kappa shape index (κ3) is 4.21. The van der Waals surface area contributed by atoms with E-state index >= 15 is 0 Å². The van der Waals surface area contributed by atoms with Gasteiger partial charge in [0.25, 0.3) is 0 Å². The number of rotatable bonds is 4. The maximum Gasteiger partial charge on any atom is 0.200 e. The molecule has 0 bridgehead atoms. The molecule has 3 aromatic rings. The molecule has 7 nitrogen and oxygen atoms in total. The molecule has 0 radical (unpaired) electrons. The Morgan fingerprint density at radius 2 is 1.52 bits per heavy atom. The third-order valence-electron chi connectivity index (χ3n) is 5.03. The minimum Gasteiger partial charge on any atom is -0.508 e. The second-order valence-electron chi connectivity index (χ2n) is 7.17. The number of phenolic OH excluding ortho intramolecular Hbond substituents is 5. The summed E-state index contributed by atoms with van der Waals surface area (Å²) in [6, 6.07) is 12.6. The molecule has 1 heterocycles. The molecule has 0 amide bonds. The molecule has 0 saturated heterocycles. The van der Waals surface area contributed by atoms with Gasteiger partial charge in [0.1, 0.15) is 23.4 Å². The fourth-order valence-electron chi connectivity index (χ4n) is 3.52. The van der Waals surface area contributed by atoms with Gasteiger partial charge in [0.2, 0.25) is 0 Å². The van der Waals surface area contributed by atoms with Crippen LogP contribution in [0.3, 0.4) is 0 Å². The lowest BCUT2D eigenvalue weighted by atomic mass is 9.93. The second kappa shape index (κ2) is 8.41. The molecule has 4 rings (SSSR count). The number of phenols is 5. The zero-order chi connectivity index (χ0) is 22.3. The molecule has 1 aliphatic rings. The van der Waals surface area contributed by atoms with E-state index in [-0.39, 0.29) is 22.8 Å². The first-order chi connectivity index (χ1) is 14.7. The summed E-state index contributed by atoms with van der Waals surface area (Å²) in [5.41, 5.74) is 1.57. The first kappa shape index (κ1) is 21.5. The van der Waals surface area contributed by atoms with Crippen molar-refractivity contribution < 1.29 is 35.4 Å². The molecule has 1 aliphatic heterocycles. The quantitative estimate of drug-likeness (QED) is 0.286. The summed E-state index contributed by atoms with van der Waals surface area (Å²) in [6.45, 7) is 0. The summed E-state index contributed by atoms with van der Waals surface area (Å²) in [5.74, 6) is -1.52. The molecule has 6 N–H and O–H groups in total. The van der Waals surface area contributed by atoms with Crippen molar-refractivity contribution in [1.82, 2.24) is 0 Å². The average molecular weight is 507 g/mol. The van der Waals surface area contributed by atoms with Crippen molar-refractivity contribution in [3.05, 3.63) is 69.7 Å². The van der Waals surface area contributed by atoms with Crippen molar-refractivity contribution in [2.45, 2.75) is 23.2 Å². The maximum absolute atomic E-state index is 11.1. The third-order valence-corrected chi connectivity index (χ3v) is 6.93. The first-order valence-electron chi connectivity index (χ1n) is 9.26. The van der Waals surface area contributed by atoms with Gasteiger partial charge >= 0.3 is 0 Å². The van der Waals surface area contributed by atoms with Crippen LogP contribution in [0.2, 0.25) is 0 Å². The first-order valence-corrected chi connectivity index (χ1v) is 11.1. The molecule has 3 aromatic carbocycles. The Bertz CT molecular complexity index is 1100. The van der Waals surface area contributed by atoms with Crippen LogP contribution >= 0.6 is 27.7 Å². The SMILES string of the molecule is Oc1cc(O)c2c(c1)O[C@H](c1cc(O)c(O)c(O)c1)[C@@H](O)C2SCc1ccc(Br)cc1. The van der Waals surface area contributed by atoms with Crippen LogP contribution in [0.4, 0.5) is 0 Å². The average Bonchev–Trinajstić information content (AvgIpc) is 2.72. The van der Waals surface area contributed by atoms with Gasteiger partial charge in [-0.3, -0.25) is 0 Å². The Hall–Kier alpha value is -2.75. The molecule has 31 heavy (non-hydrogen) atoms. The predicted molar refractivity (Wildman–Crippen MR) is 119 cm³/mol. The Morgan fingerprint density at radius 1 is 0.871 bits per heavy atom. The number of hydrogen-bond acceptors (Lipinski definition) is 8. The Labute approximate surface area is 190 Å². The molecule has 9 heteroatoms. The van der Waals surface area contributed by atoms with Crippen LogP contribution in [0, 0.1) is 0 Å². The van der Waals surface area contributed by atoms with E-state index in [1.54, 1.807) is 0 Å². The largest absolute Gasteiger partial charge is 0.508 e. The van der Waals surface area contributed by atoms with Crippen LogP contribution in [-0.4, -0.2) is 36.7 Å². The van der Waals surface area contributed by atoms with Gasteiger partial charge in [-0.05, 0) is 29.8 Å². The molecule has 3 atom stereocenters. The van der Waals surface area contributed by atoms with E-state index in [0.717, 1.165) is 10.0 Å². The van der Waals surface area contributed by atoms with Crippen LogP contribution in [0.15, 0.2) is 53.0 Å². The van der Waals surface area contributed by atoms with E-state index in [1.807, 2.05) is 24.3 Å². The van der Waals surface area contributed by atoms with Gasteiger partial charge in [0, 0.05) is 27.9 Å². The highest BCUT2D eigenvalue weighted by molar-refractivity contribution is 9.10. The van der Waals surface area contributed by atoms with Gasteiger partial charge in [0.15, 0.2) is 23.4 Å². The van der Waals surface area contributed by atoms with Crippen LogP contribution in [0.1, 0.15) is 28.0 Å². The monoisotopic (exact) mass is 506 g/mol. The van der Waals surface area contributed by atoms with Gasteiger partial charge in [-0.2, -0.15) is 0 Å². The van der Waals surface area contributed by atoms with Crippen LogP contribution < -0.4 is 4.74 Å². The van der Waals surface area contributed by atoms with E-state index in [1.165, 1.54) is 36.0 Å². The van der Waals surface area contributed by atoms with Crippen molar-refractivity contribution in [2.75, 3.05) is 0 Å². The topological polar surface area (TPSA) is 131 Å². The maximum atomic E-state index is 11.1. The molecule has 0 spiro atoms. The number of aliphatic hydroxyl groups is 1. The van der Waals surface area contributed by atoms with Gasteiger partial charge < -0.3 is 35.4 Å². The normalized spacial score (nSPS) is 20.1. The van der Waals surface area contributed by atoms with Gasteiger partial charge in [0.05, 0.1) is 10.8 Å². The summed E-state index contributed by atoms with van der Waals surface area (Å²) in [5, 5.41) is 60.3. The van der Waals surface area contributed by atoms with Gasteiger partial charge in [-0.25, -0.2) is 0 Å². The molecule has 0 saturated carbocycles. The minimum atomic E-state index is -1.17. The molecular weight excluding hydrogens is 488 g/mol. The van der Waals surface area contributed by atoms with E-state index in [4.69, 9.17) is 4.74 Å². The fraction of sp³-hybridized carbons (Fsp3) is 0.182. The number of aliphatic hydroxyl groups excluding tert-OH is 1. The lowest BCUT2D eigenvalue weighted by Crippen LogP contribution is -2.33. The van der Waals surface area contributed by atoms with Crippen molar-refractivity contribution in [3.63, 3.8) is 0 Å². The van der Waals surface area contributed by atoms with E-state index in [2.05, 4.69) is 15.9 Å². The van der Waals surface area contributed by atoms with Crippen LogP contribution in [0.5, 0.6) is 34.5 Å². The number of aromatic hydroxyl groups is 5. The molecule has 0 fully saturated rings. The number of hydrogen-bond donors (Lipinski definition) is 6. The summed E-state index contributed by atoms with van der Waals surface area (Å²) < 4.78 is 6.79. The zero-order valence-electron chi connectivity index (χ0n) is 15.9. The highest BCUT2D eigenvalue weighted by Crippen LogP contribution is 2.53. The minimum absolute atomic E-state index is 0.174. The smallest absolute Gasteiger partial charge is 0.200 e. The van der Waals surface area contributed by atoms with E-state index in [0.29, 0.717) is 11.3 Å². The molecule has 1 unspecified atom stereocenters. The van der Waals surface area contributed by atoms with Crippen molar-refractivity contribution in [3.8, 4) is 34.5 Å². The number of fused-ring (bicyclic) bond motifs is 1. The van der Waals surface area contributed by atoms with Crippen molar-refractivity contribution in [2.24, 2.45) is 0 Å². The van der Waals surface area contributed by atoms with Crippen molar-refractivity contribution in [1.29, 1.82) is 0 Å². The van der Waals surface area contributed by atoms with Gasteiger partial charge in [-0.1, -0.05) is 28.1 Å². The van der Waals surface area contributed by atoms with Crippen molar-refractivity contribution >= 4 is 27.7 Å². The predicted octanol–water partition coefficient (Wildman–Crippen LogP) is 4.45. The summed E-state index contributed by atoms with van der Waals surface area (Å²) in [6.07, 6.45) is -2.21. The number of benzene rings is 3. The van der Waals surface area contributed by atoms with E-state index in [9.17, 15) is 30.6 Å². The molecular formula is C22H19BrO7S. The van der Waals surface area contributed by atoms with Crippen LogP contribution in [0.25, 0.3) is 0 Å². The molecule has 0 aliphatic carbocycles. The van der Waals surface area contributed by atoms with Gasteiger partial charge in [-0.15, -0.1) is 11.8 Å². The second-order valence-corrected chi connectivity index (χ2v) is 9.22. The van der Waals surface area contributed by atoms with E-state index < -0.39 is 34.7 Å². The molecule has 162 valence electrons. The standard InChI is InChI=1S/C22H19BrO7S/c23-12-3-1-10(2-4-12)9-31-22-18-14(25)7-13(24)8-17(18)30-21(20(22)29)11-5-15(26)19(28)16(27)6-11/h1-8,20-22,24-29H,9H2/t20-,21-,22?/m1/s1. The lowest BCUT2D eigenvalue weighted by Gasteiger charge is -2.37. The summed E-state index contributed by atoms with van der Waals surface area (Å²) in [7, 11) is 0. The summed E-state index contributed by atoms with van der Waals surface area (Å²) >= 11 is 4.77. The zero-order valence-corrected chi connectivity index (χ0v) is 18.3. The highest BCUT2D eigenvalue weighted by atomic mass is 79.9. The fourth-order valence-corrected chi connectivity index (χ4v) is 5.09. The summed E-state index contributed by atoms with van der Waals surface area (Å²) in [4.78, 5) is 0. The van der Waals surface area contributed by atoms with Crippen LogP contribution in [-0.2, 0) is 5.75 Å². The Morgan fingerprint density at radius 3 is 2.16 bits per heavy atom. The lowest BCUT2D eigenvalue weighted by molar-refractivity contribution is 0.0173. The molecule has 0 aromatic heterocycles. The Balaban J connectivity index is 1.72. The highest BCUT2D eigenvalue weighted by Gasteiger charge is 2.41. The Kier molecular flexibility index (Phi) is 5.83. The number of halogens is 1.